The molecule has 0 saturated carbocycles. The van der Waals surface area contributed by atoms with Crippen LogP contribution in [0.4, 0.5) is 0 Å². The van der Waals surface area contributed by atoms with Crippen LogP contribution in [0.25, 0.3) is 0 Å². The molecule has 2 rings (SSSR count). The summed E-state index contributed by atoms with van der Waals surface area (Å²) in [5.41, 5.74) is 4.27. The van der Waals surface area contributed by atoms with E-state index in [1.54, 1.807) is 16.7 Å². The second-order valence-electron chi connectivity index (χ2n) is 9.16. The predicted octanol–water partition coefficient (Wildman–Crippen LogP) is 5.26. The van der Waals surface area contributed by atoms with Gasteiger partial charge in [0.2, 0.25) is 11.8 Å². The van der Waals surface area contributed by atoms with Gasteiger partial charge in [-0.25, -0.2) is 0 Å². The van der Waals surface area contributed by atoms with Gasteiger partial charge in [0.25, 0.3) is 0 Å². The molecule has 4 nitrogen and oxygen atoms in total. The van der Waals surface area contributed by atoms with Crippen molar-refractivity contribution in [2.75, 3.05) is 5.75 Å². The Morgan fingerprint density at radius 3 is 2.13 bits per heavy atom. The molecule has 1 N–H and O–H groups in total. The Morgan fingerprint density at radius 2 is 1.58 bits per heavy atom. The number of nitrogens with zero attached hydrogens (tertiary/aromatic N) is 1. The van der Waals surface area contributed by atoms with Crippen molar-refractivity contribution in [1.29, 1.82) is 0 Å². The summed E-state index contributed by atoms with van der Waals surface area (Å²) < 4.78 is 0. The van der Waals surface area contributed by atoms with Crippen LogP contribution < -0.4 is 5.32 Å². The normalized spacial score (nSPS) is 12.3. The Hall–Kier alpha value is -2.27. The monoisotopic (exact) mass is 440 g/mol. The van der Waals surface area contributed by atoms with E-state index < -0.39 is 6.04 Å². The third-order valence-electron chi connectivity index (χ3n) is 4.90. The second-order valence-corrected chi connectivity index (χ2v) is 10.1. The molecule has 0 saturated heterocycles. The molecule has 2 aromatic rings. The van der Waals surface area contributed by atoms with E-state index in [1.165, 1.54) is 11.1 Å². The Labute approximate surface area is 191 Å². The van der Waals surface area contributed by atoms with Crippen LogP contribution in [-0.4, -0.2) is 34.0 Å². The van der Waals surface area contributed by atoms with E-state index in [-0.39, 0.29) is 17.4 Å². The standard InChI is InChI=1S/C26H36N2O2S/c1-7-23(25(30)27-26(4,5)6)28(16-21-12-8-10-19(2)14-21)24(29)18-31-17-22-13-9-11-20(3)15-22/h8-15,23H,7,16-18H2,1-6H3,(H,27,30)/t23-/m0/s1. The van der Waals surface area contributed by atoms with Crippen molar-refractivity contribution < 1.29 is 9.59 Å². The quantitative estimate of drug-likeness (QED) is 0.579. The lowest BCUT2D eigenvalue weighted by Crippen LogP contribution is -2.53. The number of nitrogens with one attached hydrogen (secondary N) is 1. The zero-order valence-corrected chi connectivity index (χ0v) is 20.5. The van der Waals surface area contributed by atoms with E-state index in [4.69, 9.17) is 0 Å². The van der Waals surface area contributed by atoms with Crippen LogP contribution >= 0.6 is 11.8 Å². The average Bonchev–Trinajstić information content (AvgIpc) is 2.66. The summed E-state index contributed by atoms with van der Waals surface area (Å²) in [6, 6.07) is 16.0. The first kappa shape index (κ1) is 25.0. The fourth-order valence-corrected chi connectivity index (χ4v) is 4.38. The van der Waals surface area contributed by atoms with Crippen molar-refractivity contribution in [3.63, 3.8) is 0 Å². The minimum absolute atomic E-state index is 0.00457. The van der Waals surface area contributed by atoms with Crippen molar-refractivity contribution in [3.8, 4) is 0 Å². The van der Waals surface area contributed by atoms with Gasteiger partial charge in [0.05, 0.1) is 5.75 Å². The Kier molecular flexibility index (Phi) is 9.17. The first-order valence-electron chi connectivity index (χ1n) is 10.9. The lowest BCUT2D eigenvalue weighted by atomic mass is 10.1. The summed E-state index contributed by atoms with van der Waals surface area (Å²) in [5.74, 6) is 1.02. The van der Waals surface area contributed by atoms with Crippen LogP contribution in [0.2, 0.25) is 0 Å². The molecule has 0 radical (unpaired) electrons. The molecule has 0 aliphatic carbocycles. The predicted molar refractivity (Wildman–Crippen MR) is 131 cm³/mol. The molecule has 0 aliphatic rings. The summed E-state index contributed by atoms with van der Waals surface area (Å²) in [4.78, 5) is 28.0. The van der Waals surface area contributed by atoms with Gasteiger partial charge >= 0.3 is 0 Å². The largest absolute Gasteiger partial charge is 0.350 e. The van der Waals surface area contributed by atoms with Gasteiger partial charge in [0.1, 0.15) is 6.04 Å². The topological polar surface area (TPSA) is 49.4 Å². The Morgan fingerprint density at radius 1 is 1.00 bits per heavy atom. The van der Waals surface area contributed by atoms with E-state index in [0.717, 1.165) is 16.9 Å². The summed E-state index contributed by atoms with van der Waals surface area (Å²) >= 11 is 1.60. The van der Waals surface area contributed by atoms with Gasteiger partial charge in [-0.05, 0) is 52.2 Å². The SMILES string of the molecule is CC[C@@H](C(=O)NC(C)(C)C)N(Cc1cccc(C)c1)C(=O)CSCc1cccc(C)c1. The number of thioether (sulfide) groups is 1. The fourth-order valence-electron chi connectivity index (χ4n) is 3.52. The smallest absolute Gasteiger partial charge is 0.243 e. The fraction of sp³-hybridized carbons (Fsp3) is 0.462. The van der Waals surface area contributed by atoms with Gasteiger partial charge in [-0.1, -0.05) is 66.6 Å². The number of aryl methyl sites for hydroxylation is 2. The molecule has 5 heteroatoms. The number of rotatable bonds is 9. The molecular formula is C26H36N2O2S. The number of hydrogen-bond acceptors (Lipinski definition) is 3. The van der Waals surface area contributed by atoms with Gasteiger partial charge in [0, 0.05) is 17.8 Å². The Balaban J connectivity index is 2.16. The summed E-state index contributed by atoms with van der Waals surface area (Å²) in [5, 5.41) is 3.05. The van der Waals surface area contributed by atoms with Gasteiger partial charge in [0.15, 0.2) is 0 Å². The zero-order chi connectivity index (χ0) is 23.0. The average molecular weight is 441 g/mol. The molecule has 0 unspecified atom stereocenters. The maximum Gasteiger partial charge on any atom is 0.243 e. The summed E-state index contributed by atoms with van der Waals surface area (Å²) in [6.07, 6.45) is 0.571. The minimum atomic E-state index is -0.494. The van der Waals surface area contributed by atoms with Crippen LogP contribution in [0.1, 0.15) is 56.4 Å². The molecule has 2 amide bonds. The zero-order valence-electron chi connectivity index (χ0n) is 19.7. The first-order chi connectivity index (χ1) is 14.6. The molecule has 0 fully saturated rings. The molecule has 0 aliphatic heterocycles. The van der Waals surface area contributed by atoms with Crippen LogP contribution in [0.3, 0.4) is 0 Å². The van der Waals surface area contributed by atoms with Gasteiger partial charge < -0.3 is 10.2 Å². The van der Waals surface area contributed by atoms with Crippen molar-refractivity contribution in [2.24, 2.45) is 0 Å². The summed E-state index contributed by atoms with van der Waals surface area (Å²) in [6.45, 7) is 12.4. The first-order valence-corrected chi connectivity index (χ1v) is 12.0. The second kappa shape index (κ2) is 11.4. The molecule has 0 heterocycles. The lowest BCUT2D eigenvalue weighted by Gasteiger charge is -2.33. The van der Waals surface area contributed by atoms with Crippen LogP contribution in [0.15, 0.2) is 48.5 Å². The van der Waals surface area contributed by atoms with Crippen molar-refractivity contribution in [3.05, 3.63) is 70.8 Å². The highest BCUT2D eigenvalue weighted by atomic mass is 32.2. The third-order valence-corrected chi connectivity index (χ3v) is 5.88. The number of hydrogen-bond donors (Lipinski definition) is 1. The highest BCUT2D eigenvalue weighted by Gasteiger charge is 2.30. The van der Waals surface area contributed by atoms with E-state index >= 15 is 0 Å². The molecule has 31 heavy (non-hydrogen) atoms. The van der Waals surface area contributed by atoms with Gasteiger partial charge in [-0.2, -0.15) is 0 Å². The molecule has 0 bridgehead atoms. The minimum Gasteiger partial charge on any atom is -0.350 e. The van der Waals surface area contributed by atoms with Gasteiger partial charge in [-0.15, -0.1) is 11.8 Å². The van der Waals surface area contributed by atoms with E-state index in [0.29, 0.717) is 18.7 Å². The highest BCUT2D eigenvalue weighted by molar-refractivity contribution is 7.99. The van der Waals surface area contributed by atoms with Crippen molar-refractivity contribution >= 4 is 23.6 Å². The number of benzene rings is 2. The molecule has 2 aromatic carbocycles. The Bertz CT molecular complexity index is 889. The van der Waals surface area contributed by atoms with Crippen molar-refractivity contribution in [1.82, 2.24) is 10.2 Å². The molecule has 1 atom stereocenters. The van der Waals surface area contributed by atoms with Crippen LogP contribution in [0.5, 0.6) is 0 Å². The molecular weight excluding hydrogens is 404 g/mol. The number of carbonyl (C=O) groups excluding carboxylic acids is 2. The van der Waals surface area contributed by atoms with E-state index in [9.17, 15) is 9.59 Å². The van der Waals surface area contributed by atoms with Gasteiger partial charge in [-0.3, -0.25) is 9.59 Å². The van der Waals surface area contributed by atoms with Crippen LogP contribution in [-0.2, 0) is 21.9 Å². The highest BCUT2D eigenvalue weighted by Crippen LogP contribution is 2.19. The number of amides is 2. The van der Waals surface area contributed by atoms with Crippen molar-refractivity contribution in [2.45, 2.75) is 71.8 Å². The molecule has 0 spiro atoms. The van der Waals surface area contributed by atoms with Crippen LogP contribution in [0, 0.1) is 13.8 Å². The summed E-state index contributed by atoms with van der Waals surface area (Å²) in [7, 11) is 0. The van der Waals surface area contributed by atoms with E-state index in [1.807, 2.05) is 58.9 Å². The maximum absolute atomic E-state index is 13.3. The molecule has 0 aromatic heterocycles. The maximum atomic E-state index is 13.3. The lowest BCUT2D eigenvalue weighted by molar-refractivity contribution is -0.140. The number of carbonyl (C=O) groups is 2. The van der Waals surface area contributed by atoms with E-state index in [2.05, 4.69) is 36.5 Å². The molecule has 168 valence electrons. The third kappa shape index (κ3) is 8.41.